The van der Waals surface area contributed by atoms with E-state index in [9.17, 15) is 0 Å². The predicted octanol–water partition coefficient (Wildman–Crippen LogP) is 3.96. The minimum Gasteiger partial charge on any atom is -0.362 e. The van der Waals surface area contributed by atoms with Crippen molar-refractivity contribution in [2.75, 3.05) is 31.5 Å². The number of rotatable bonds is 5. The van der Waals surface area contributed by atoms with E-state index in [1.807, 2.05) is 0 Å². The molecule has 1 saturated heterocycles. The lowest BCUT2D eigenvalue weighted by atomic mass is 9.92. The van der Waals surface area contributed by atoms with E-state index in [1.54, 1.807) is 0 Å². The molecule has 2 N–H and O–H groups in total. The van der Waals surface area contributed by atoms with Gasteiger partial charge in [0.05, 0.1) is 0 Å². The molecular weight excluding hydrogens is 302 g/mol. The zero-order valence-electron chi connectivity index (χ0n) is 15.0. The molecule has 0 saturated carbocycles. The lowest BCUT2D eigenvalue weighted by Gasteiger charge is -2.35. The van der Waals surface area contributed by atoms with Crippen molar-refractivity contribution in [2.24, 2.45) is 11.8 Å². The van der Waals surface area contributed by atoms with E-state index >= 15 is 0 Å². The molecule has 1 aliphatic rings. The Labute approximate surface area is 146 Å². The third-order valence-corrected chi connectivity index (χ3v) is 4.76. The van der Waals surface area contributed by atoms with Gasteiger partial charge >= 0.3 is 0 Å². The SMILES string of the molecule is Cc1ccc(NC(=S)NCCCN2C[C@H](C)C[C@@H](C)C2)c(C)c1. The summed E-state index contributed by atoms with van der Waals surface area (Å²) in [5.74, 6) is 1.66. The Morgan fingerprint density at radius 2 is 1.91 bits per heavy atom. The van der Waals surface area contributed by atoms with Gasteiger partial charge in [-0.05, 0) is 68.9 Å². The van der Waals surface area contributed by atoms with Crippen molar-refractivity contribution in [1.82, 2.24) is 10.2 Å². The molecule has 2 atom stereocenters. The standard InChI is InChI=1S/C19H31N3S/c1-14-6-7-18(17(4)11-14)21-19(23)20-8-5-9-22-12-15(2)10-16(3)13-22/h6-7,11,15-16H,5,8-10,12-13H2,1-4H3,(H2,20,21,23)/t15-,16-/m1/s1. The van der Waals surface area contributed by atoms with Crippen LogP contribution in [0.5, 0.6) is 0 Å². The van der Waals surface area contributed by atoms with Gasteiger partial charge in [-0.2, -0.15) is 0 Å². The van der Waals surface area contributed by atoms with Crippen LogP contribution in [0.1, 0.15) is 37.8 Å². The Hall–Kier alpha value is -1.13. The first kappa shape index (κ1) is 18.2. The van der Waals surface area contributed by atoms with E-state index in [-0.39, 0.29) is 0 Å². The fourth-order valence-electron chi connectivity index (χ4n) is 3.60. The second-order valence-electron chi connectivity index (χ2n) is 7.26. The fourth-order valence-corrected chi connectivity index (χ4v) is 3.81. The second kappa shape index (κ2) is 8.65. The number of hydrogen-bond acceptors (Lipinski definition) is 2. The van der Waals surface area contributed by atoms with Crippen molar-refractivity contribution < 1.29 is 0 Å². The van der Waals surface area contributed by atoms with Crippen LogP contribution in [0.4, 0.5) is 5.69 Å². The number of likely N-dealkylation sites (tertiary alicyclic amines) is 1. The van der Waals surface area contributed by atoms with Gasteiger partial charge < -0.3 is 15.5 Å². The average Bonchev–Trinajstić information content (AvgIpc) is 2.46. The van der Waals surface area contributed by atoms with Gasteiger partial charge in [0.15, 0.2) is 5.11 Å². The van der Waals surface area contributed by atoms with E-state index in [1.165, 1.54) is 30.6 Å². The first-order valence-corrected chi connectivity index (χ1v) is 9.19. The Bertz CT molecular complexity index is 519. The van der Waals surface area contributed by atoms with Crippen molar-refractivity contribution in [3.05, 3.63) is 29.3 Å². The molecule has 1 fully saturated rings. The summed E-state index contributed by atoms with van der Waals surface area (Å²) in [7, 11) is 0. The smallest absolute Gasteiger partial charge is 0.170 e. The van der Waals surface area contributed by atoms with Crippen molar-refractivity contribution >= 4 is 23.0 Å². The van der Waals surface area contributed by atoms with Crippen LogP contribution in [0.15, 0.2) is 18.2 Å². The Morgan fingerprint density at radius 1 is 1.22 bits per heavy atom. The molecular formula is C19H31N3S. The average molecular weight is 334 g/mol. The highest BCUT2D eigenvalue weighted by Crippen LogP contribution is 2.20. The molecule has 0 bridgehead atoms. The van der Waals surface area contributed by atoms with Crippen LogP contribution in [0.3, 0.4) is 0 Å². The number of thiocarbonyl (C=S) groups is 1. The van der Waals surface area contributed by atoms with Gasteiger partial charge in [0.1, 0.15) is 0 Å². The van der Waals surface area contributed by atoms with E-state index < -0.39 is 0 Å². The molecule has 0 amide bonds. The highest BCUT2D eigenvalue weighted by molar-refractivity contribution is 7.80. The molecule has 2 rings (SSSR count). The summed E-state index contributed by atoms with van der Waals surface area (Å²) in [4.78, 5) is 2.60. The van der Waals surface area contributed by atoms with Crippen LogP contribution < -0.4 is 10.6 Å². The zero-order chi connectivity index (χ0) is 16.8. The number of aryl methyl sites for hydroxylation is 2. The molecule has 128 valence electrons. The van der Waals surface area contributed by atoms with Crippen LogP contribution in [0, 0.1) is 25.7 Å². The summed E-state index contributed by atoms with van der Waals surface area (Å²) in [6.45, 7) is 13.5. The maximum atomic E-state index is 5.40. The van der Waals surface area contributed by atoms with Crippen LogP contribution in [-0.2, 0) is 0 Å². The maximum Gasteiger partial charge on any atom is 0.170 e. The first-order chi connectivity index (χ1) is 10.9. The summed E-state index contributed by atoms with van der Waals surface area (Å²) in [6.07, 6.45) is 2.51. The van der Waals surface area contributed by atoms with Crippen LogP contribution in [-0.4, -0.2) is 36.2 Å². The van der Waals surface area contributed by atoms with Crippen molar-refractivity contribution in [3.8, 4) is 0 Å². The van der Waals surface area contributed by atoms with Crippen LogP contribution in [0.2, 0.25) is 0 Å². The topological polar surface area (TPSA) is 27.3 Å². The largest absolute Gasteiger partial charge is 0.362 e. The molecule has 0 aliphatic carbocycles. The molecule has 23 heavy (non-hydrogen) atoms. The van der Waals surface area contributed by atoms with E-state index in [4.69, 9.17) is 12.2 Å². The molecule has 0 spiro atoms. The predicted molar refractivity (Wildman–Crippen MR) is 104 cm³/mol. The van der Waals surface area contributed by atoms with E-state index in [2.05, 4.69) is 61.4 Å². The van der Waals surface area contributed by atoms with Gasteiger partial charge in [-0.1, -0.05) is 31.5 Å². The maximum absolute atomic E-state index is 5.40. The summed E-state index contributed by atoms with van der Waals surface area (Å²) < 4.78 is 0. The molecule has 0 radical (unpaired) electrons. The van der Waals surface area contributed by atoms with Gasteiger partial charge in [0.25, 0.3) is 0 Å². The zero-order valence-corrected chi connectivity index (χ0v) is 15.8. The number of nitrogens with zero attached hydrogens (tertiary/aromatic N) is 1. The van der Waals surface area contributed by atoms with Gasteiger partial charge in [-0.3, -0.25) is 0 Å². The molecule has 0 unspecified atom stereocenters. The third-order valence-electron chi connectivity index (χ3n) is 4.51. The lowest BCUT2D eigenvalue weighted by Crippen LogP contribution is -2.40. The molecule has 0 aromatic heterocycles. The minimum absolute atomic E-state index is 0.720. The molecule has 1 heterocycles. The minimum atomic E-state index is 0.720. The van der Waals surface area contributed by atoms with Gasteiger partial charge in [0.2, 0.25) is 0 Å². The fraction of sp³-hybridized carbons (Fsp3) is 0.632. The van der Waals surface area contributed by atoms with Crippen LogP contribution in [0.25, 0.3) is 0 Å². The van der Waals surface area contributed by atoms with E-state index in [0.717, 1.165) is 42.1 Å². The summed E-state index contributed by atoms with van der Waals surface area (Å²) in [6, 6.07) is 6.37. The normalized spacial score (nSPS) is 21.9. The Morgan fingerprint density at radius 3 is 2.57 bits per heavy atom. The Balaban J connectivity index is 1.67. The molecule has 4 heteroatoms. The monoisotopic (exact) mass is 333 g/mol. The number of anilines is 1. The molecule has 1 aliphatic heterocycles. The van der Waals surface area contributed by atoms with Gasteiger partial charge in [0, 0.05) is 25.3 Å². The van der Waals surface area contributed by atoms with Gasteiger partial charge in [-0.15, -0.1) is 0 Å². The number of piperidine rings is 1. The van der Waals surface area contributed by atoms with Gasteiger partial charge in [-0.25, -0.2) is 0 Å². The second-order valence-corrected chi connectivity index (χ2v) is 7.67. The van der Waals surface area contributed by atoms with Crippen molar-refractivity contribution in [3.63, 3.8) is 0 Å². The highest BCUT2D eigenvalue weighted by atomic mass is 32.1. The Kier molecular flexibility index (Phi) is 6.85. The molecule has 1 aromatic carbocycles. The van der Waals surface area contributed by atoms with Crippen molar-refractivity contribution in [1.29, 1.82) is 0 Å². The summed E-state index contributed by atoms with van der Waals surface area (Å²) in [5, 5.41) is 7.35. The molecule has 1 aromatic rings. The quantitative estimate of drug-likeness (QED) is 0.630. The summed E-state index contributed by atoms with van der Waals surface area (Å²) in [5.41, 5.74) is 3.59. The number of benzene rings is 1. The third kappa shape index (κ3) is 6.11. The summed E-state index contributed by atoms with van der Waals surface area (Å²) >= 11 is 5.40. The first-order valence-electron chi connectivity index (χ1n) is 8.78. The number of nitrogens with one attached hydrogen (secondary N) is 2. The molecule has 3 nitrogen and oxygen atoms in total. The van der Waals surface area contributed by atoms with Crippen molar-refractivity contribution in [2.45, 2.75) is 40.5 Å². The lowest BCUT2D eigenvalue weighted by molar-refractivity contribution is 0.140. The van der Waals surface area contributed by atoms with E-state index in [0.29, 0.717) is 0 Å². The number of hydrogen-bond donors (Lipinski definition) is 2. The highest BCUT2D eigenvalue weighted by Gasteiger charge is 2.20. The van der Waals surface area contributed by atoms with Crippen LogP contribution >= 0.6 is 12.2 Å².